The molecule has 5 rings (SSSR count). The number of aliphatic hydroxyl groups excluding tert-OH is 1. The van der Waals surface area contributed by atoms with Crippen molar-refractivity contribution in [3.05, 3.63) is 40.0 Å². The van der Waals surface area contributed by atoms with Gasteiger partial charge in [0, 0.05) is 22.5 Å². The molecule has 2 atom stereocenters. The van der Waals surface area contributed by atoms with Crippen molar-refractivity contribution in [2.24, 2.45) is 5.92 Å². The third kappa shape index (κ3) is 2.95. The van der Waals surface area contributed by atoms with Gasteiger partial charge in [-0.1, -0.05) is 6.92 Å². The molecule has 3 aromatic rings. The predicted octanol–water partition coefficient (Wildman–Crippen LogP) is 3.89. The molecule has 0 bridgehead atoms. The van der Waals surface area contributed by atoms with E-state index in [-0.39, 0.29) is 0 Å². The fraction of sp³-hybridized carbons (Fsp3) is 0.455. The molecule has 1 aliphatic carbocycles. The maximum Gasteiger partial charge on any atom is 0.141 e. The van der Waals surface area contributed by atoms with Crippen molar-refractivity contribution >= 4 is 27.4 Å². The minimum absolute atomic E-state index is 0.462. The maximum atomic E-state index is 11.0. The number of thiophene rings is 1. The summed E-state index contributed by atoms with van der Waals surface area (Å²) in [7, 11) is 3.29. The number of ether oxygens (including phenoxy) is 2. The van der Waals surface area contributed by atoms with Crippen LogP contribution < -0.4 is 14.4 Å². The minimum Gasteiger partial charge on any atom is -0.496 e. The Morgan fingerprint density at radius 1 is 1.14 bits per heavy atom. The van der Waals surface area contributed by atoms with E-state index in [4.69, 9.17) is 9.47 Å². The zero-order valence-electron chi connectivity index (χ0n) is 16.9. The number of β-amino-alcohol motifs (C(OH)–C–C–N with tert-alkyl or cyclic N) is 1. The second kappa shape index (κ2) is 7.15. The minimum atomic E-state index is -0.678. The van der Waals surface area contributed by atoms with Crippen molar-refractivity contribution < 1.29 is 14.6 Å². The summed E-state index contributed by atoms with van der Waals surface area (Å²) in [5.74, 6) is 3.09. The van der Waals surface area contributed by atoms with E-state index in [2.05, 4.69) is 21.8 Å². The Morgan fingerprint density at radius 3 is 2.72 bits per heavy atom. The summed E-state index contributed by atoms with van der Waals surface area (Å²) in [6.07, 6.45) is 4.35. The molecule has 2 aliphatic rings. The molecule has 29 heavy (non-hydrogen) atoms. The van der Waals surface area contributed by atoms with Gasteiger partial charge in [0.1, 0.15) is 34.6 Å². The molecule has 152 valence electrons. The summed E-state index contributed by atoms with van der Waals surface area (Å²) in [4.78, 5) is 13.9. The number of benzene rings is 1. The summed E-state index contributed by atoms with van der Waals surface area (Å²) in [5.41, 5.74) is 3.17. The smallest absolute Gasteiger partial charge is 0.141 e. The number of rotatable bonds is 3. The fourth-order valence-corrected chi connectivity index (χ4v) is 6.08. The van der Waals surface area contributed by atoms with Gasteiger partial charge < -0.3 is 19.5 Å². The Kier molecular flexibility index (Phi) is 4.59. The van der Waals surface area contributed by atoms with E-state index >= 15 is 0 Å². The van der Waals surface area contributed by atoms with Crippen LogP contribution in [0.3, 0.4) is 0 Å². The first kappa shape index (κ1) is 18.6. The summed E-state index contributed by atoms with van der Waals surface area (Å²) < 4.78 is 11.1. The Morgan fingerprint density at radius 2 is 1.93 bits per heavy atom. The van der Waals surface area contributed by atoms with Gasteiger partial charge in [-0.05, 0) is 42.9 Å². The highest BCUT2D eigenvalue weighted by Crippen LogP contribution is 2.44. The lowest BCUT2D eigenvalue weighted by atomic mass is 9.89. The van der Waals surface area contributed by atoms with E-state index in [9.17, 15) is 5.11 Å². The van der Waals surface area contributed by atoms with E-state index in [1.807, 2.05) is 12.1 Å². The highest BCUT2D eigenvalue weighted by molar-refractivity contribution is 7.19. The Balaban J connectivity index is 1.63. The second-order valence-electron chi connectivity index (χ2n) is 7.99. The number of fused-ring (bicyclic) bond motifs is 4. The van der Waals surface area contributed by atoms with E-state index in [1.54, 1.807) is 31.9 Å². The molecule has 0 amide bonds. The molecule has 0 saturated carbocycles. The third-order valence-corrected chi connectivity index (χ3v) is 7.32. The van der Waals surface area contributed by atoms with Gasteiger partial charge in [-0.3, -0.25) is 0 Å². The van der Waals surface area contributed by atoms with Crippen LogP contribution in [0.1, 0.15) is 41.0 Å². The summed E-state index contributed by atoms with van der Waals surface area (Å²) in [6.45, 7) is 3.39. The van der Waals surface area contributed by atoms with Gasteiger partial charge in [0.05, 0.1) is 26.2 Å². The SMILES string of the molecule is COc1ccc(OC)c2c1CN(c1ncnc3sc4c(c13)CC[C@H](C)C4)C[C@@H]2O. The Labute approximate surface area is 174 Å². The number of anilines is 1. The van der Waals surface area contributed by atoms with Crippen LogP contribution in [0.2, 0.25) is 0 Å². The molecule has 0 unspecified atom stereocenters. The molecular formula is C22H25N3O3S. The van der Waals surface area contributed by atoms with E-state index in [0.29, 0.717) is 24.8 Å². The average molecular weight is 412 g/mol. The predicted molar refractivity (Wildman–Crippen MR) is 114 cm³/mol. The van der Waals surface area contributed by atoms with Gasteiger partial charge in [0.2, 0.25) is 0 Å². The van der Waals surface area contributed by atoms with E-state index in [0.717, 1.165) is 45.8 Å². The number of nitrogens with zero attached hydrogens (tertiary/aromatic N) is 3. The lowest BCUT2D eigenvalue weighted by Crippen LogP contribution is -2.35. The molecule has 1 N–H and O–H groups in total. The molecule has 2 aromatic heterocycles. The number of hydrogen-bond acceptors (Lipinski definition) is 7. The first-order valence-electron chi connectivity index (χ1n) is 10.0. The van der Waals surface area contributed by atoms with Gasteiger partial charge in [-0.2, -0.15) is 0 Å². The standard InChI is InChI=1S/C22H25N3O3S/c1-12-4-5-13-18(8-12)29-22-20(13)21(23-11-24-22)25-9-14-16(27-2)6-7-17(28-3)19(14)15(26)10-25/h6-7,11-12,15,26H,4-5,8-10H2,1-3H3/t12-,15-/m0/s1. The highest BCUT2D eigenvalue weighted by atomic mass is 32.1. The van der Waals surface area contributed by atoms with Crippen LogP contribution >= 0.6 is 11.3 Å². The summed E-state index contributed by atoms with van der Waals surface area (Å²) in [5, 5.41) is 12.2. The van der Waals surface area contributed by atoms with Gasteiger partial charge >= 0.3 is 0 Å². The molecular weight excluding hydrogens is 386 g/mol. The molecule has 1 aromatic carbocycles. The average Bonchev–Trinajstić information content (AvgIpc) is 3.10. The van der Waals surface area contributed by atoms with Crippen LogP contribution in [0.15, 0.2) is 18.5 Å². The lowest BCUT2D eigenvalue weighted by Gasteiger charge is -2.35. The van der Waals surface area contributed by atoms with Crippen LogP contribution in [0, 0.1) is 5.92 Å². The number of aromatic nitrogens is 2. The first-order chi connectivity index (χ1) is 14.1. The fourth-order valence-electron chi connectivity index (χ4n) is 4.74. The van der Waals surface area contributed by atoms with Crippen molar-refractivity contribution in [1.82, 2.24) is 9.97 Å². The van der Waals surface area contributed by atoms with Gasteiger partial charge in [0.25, 0.3) is 0 Å². The van der Waals surface area contributed by atoms with Crippen LogP contribution in [0.4, 0.5) is 5.82 Å². The summed E-state index contributed by atoms with van der Waals surface area (Å²) in [6, 6.07) is 3.76. The van der Waals surface area contributed by atoms with Gasteiger partial charge in [-0.25, -0.2) is 9.97 Å². The molecule has 0 fully saturated rings. The third-order valence-electron chi connectivity index (χ3n) is 6.16. The summed E-state index contributed by atoms with van der Waals surface area (Å²) >= 11 is 1.80. The van der Waals surface area contributed by atoms with Crippen molar-refractivity contribution in [1.29, 1.82) is 0 Å². The van der Waals surface area contributed by atoms with Crippen LogP contribution in [-0.4, -0.2) is 35.8 Å². The monoisotopic (exact) mass is 411 g/mol. The quantitative estimate of drug-likeness (QED) is 0.705. The Hall–Kier alpha value is -2.38. The lowest BCUT2D eigenvalue weighted by molar-refractivity contribution is 0.169. The van der Waals surface area contributed by atoms with E-state index < -0.39 is 6.10 Å². The molecule has 0 spiro atoms. The molecule has 3 heterocycles. The zero-order chi connectivity index (χ0) is 20.1. The largest absolute Gasteiger partial charge is 0.496 e. The van der Waals surface area contributed by atoms with Crippen LogP contribution in [0.5, 0.6) is 11.5 Å². The van der Waals surface area contributed by atoms with Crippen molar-refractivity contribution in [2.45, 2.75) is 38.8 Å². The number of hydrogen-bond donors (Lipinski definition) is 1. The molecule has 6 nitrogen and oxygen atoms in total. The highest BCUT2D eigenvalue weighted by Gasteiger charge is 2.32. The number of aryl methyl sites for hydroxylation is 1. The number of aliphatic hydroxyl groups is 1. The topological polar surface area (TPSA) is 67.7 Å². The van der Waals surface area contributed by atoms with Crippen molar-refractivity contribution in [3.8, 4) is 11.5 Å². The van der Waals surface area contributed by atoms with Crippen LogP contribution in [-0.2, 0) is 19.4 Å². The molecule has 1 aliphatic heterocycles. The van der Waals surface area contributed by atoms with Crippen molar-refractivity contribution in [2.75, 3.05) is 25.7 Å². The second-order valence-corrected chi connectivity index (χ2v) is 9.07. The number of methoxy groups -OCH3 is 2. The molecule has 0 radical (unpaired) electrons. The molecule has 7 heteroatoms. The van der Waals surface area contributed by atoms with E-state index in [1.165, 1.54) is 16.9 Å². The normalized spacial score (nSPS) is 21.0. The van der Waals surface area contributed by atoms with Gasteiger partial charge in [-0.15, -0.1) is 11.3 Å². The zero-order valence-corrected chi connectivity index (χ0v) is 17.8. The molecule has 0 saturated heterocycles. The van der Waals surface area contributed by atoms with Crippen LogP contribution in [0.25, 0.3) is 10.2 Å². The first-order valence-corrected chi connectivity index (χ1v) is 10.8. The van der Waals surface area contributed by atoms with Gasteiger partial charge in [0.15, 0.2) is 0 Å². The Bertz CT molecular complexity index is 1080. The maximum absolute atomic E-state index is 11.0. The van der Waals surface area contributed by atoms with Crippen molar-refractivity contribution in [3.63, 3.8) is 0 Å².